The predicted octanol–water partition coefficient (Wildman–Crippen LogP) is 6.65. The van der Waals surface area contributed by atoms with Crippen LogP contribution in [0.2, 0.25) is 0 Å². The van der Waals surface area contributed by atoms with E-state index in [2.05, 4.69) is 57.8 Å². The van der Waals surface area contributed by atoms with Crippen LogP contribution in [0.15, 0.2) is 32.6 Å². The molecule has 0 fully saturated rings. The molecular formula is C18H14Br2O2. The van der Waals surface area contributed by atoms with Crippen molar-refractivity contribution in [2.24, 2.45) is 0 Å². The van der Waals surface area contributed by atoms with Crippen molar-refractivity contribution >= 4 is 53.8 Å². The van der Waals surface area contributed by atoms with Crippen molar-refractivity contribution in [3.8, 4) is 11.5 Å². The molecule has 2 nitrogen and oxygen atoms in total. The third-order valence-corrected chi connectivity index (χ3v) is 5.77. The Bertz CT molecular complexity index is 859. The molecule has 0 saturated heterocycles. The van der Waals surface area contributed by atoms with Crippen molar-refractivity contribution in [1.82, 2.24) is 0 Å². The first-order valence-electron chi connectivity index (χ1n) is 7.10. The molecule has 2 heterocycles. The molecule has 0 N–H and O–H groups in total. The van der Waals surface area contributed by atoms with E-state index in [9.17, 15) is 0 Å². The molecule has 0 radical (unpaired) electrons. The highest BCUT2D eigenvalue weighted by atomic mass is 79.9. The molecule has 0 atom stereocenters. The summed E-state index contributed by atoms with van der Waals surface area (Å²) in [5.74, 6) is 3.62. The summed E-state index contributed by atoms with van der Waals surface area (Å²) in [6.45, 7) is 8.20. The topological polar surface area (TPSA) is 18.5 Å². The van der Waals surface area contributed by atoms with Gasteiger partial charge in [-0.25, -0.2) is 0 Å². The third-order valence-electron chi connectivity index (χ3n) is 4.59. The maximum Gasteiger partial charge on any atom is 0.149 e. The fourth-order valence-electron chi connectivity index (χ4n) is 3.14. The fraction of sp³-hybridized carbons (Fsp3) is 0.222. The van der Waals surface area contributed by atoms with E-state index >= 15 is 0 Å². The van der Waals surface area contributed by atoms with Crippen molar-refractivity contribution in [3.63, 3.8) is 0 Å². The van der Waals surface area contributed by atoms with Crippen molar-refractivity contribution in [1.29, 1.82) is 0 Å². The van der Waals surface area contributed by atoms with Crippen molar-refractivity contribution in [3.05, 3.63) is 43.7 Å². The highest BCUT2D eigenvalue weighted by Gasteiger charge is 2.29. The van der Waals surface area contributed by atoms with Gasteiger partial charge in [0.15, 0.2) is 0 Å². The van der Waals surface area contributed by atoms with E-state index in [1.54, 1.807) is 0 Å². The molecule has 0 saturated carbocycles. The second kappa shape index (κ2) is 4.62. The van der Waals surface area contributed by atoms with Crippen LogP contribution in [0.5, 0.6) is 11.5 Å². The first-order chi connectivity index (χ1) is 10.4. The van der Waals surface area contributed by atoms with Crippen LogP contribution in [-0.2, 0) is 0 Å². The fourth-order valence-corrected chi connectivity index (χ4v) is 4.15. The molecule has 112 valence electrons. The molecule has 0 bridgehead atoms. The SMILES string of the molecule is CC1=C(C)c2cc(Br)c3c4c(cc(Br)c(c24)O1)C(C)=C(C)O3. The average molecular weight is 422 g/mol. The monoisotopic (exact) mass is 420 g/mol. The smallest absolute Gasteiger partial charge is 0.149 e. The van der Waals surface area contributed by atoms with Gasteiger partial charge in [0, 0.05) is 10.8 Å². The molecular weight excluding hydrogens is 408 g/mol. The summed E-state index contributed by atoms with van der Waals surface area (Å²) in [7, 11) is 0. The number of hydrogen-bond donors (Lipinski definition) is 0. The summed E-state index contributed by atoms with van der Waals surface area (Å²) in [5, 5.41) is 2.25. The summed E-state index contributed by atoms with van der Waals surface area (Å²) in [6, 6.07) is 4.26. The lowest BCUT2D eigenvalue weighted by atomic mass is 9.89. The minimum atomic E-state index is 0.876. The van der Waals surface area contributed by atoms with Gasteiger partial charge in [-0.15, -0.1) is 0 Å². The van der Waals surface area contributed by atoms with Crippen LogP contribution >= 0.6 is 31.9 Å². The Kier molecular flexibility index (Phi) is 3.01. The molecule has 0 spiro atoms. The van der Waals surface area contributed by atoms with E-state index in [1.165, 1.54) is 11.1 Å². The molecule has 4 rings (SSSR count). The van der Waals surface area contributed by atoms with Gasteiger partial charge < -0.3 is 9.47 Å². The molecule has 0 unspecified atom stereocenters. The van der Waals surface area contributed by atoms with E-state index in [4.69, 9.17) is 9.47 Å². The van der Waals surface area contributed by atoms with Crippen LogP contribution in [0.4, 0.5) is 0 Å². The lowest BCUT2D eigenvalue weighted by molar-refractivity contribution is 0.422. The zero-order valence-electron chi connectivity index (χ0n) is 12.7. The standard InChI is InChI=1S/C18H14Br2O2/c1-7-9(3)21-17-14(20)6-12-8(2)10(4)22-18-13(19)5-11(7)15(17)16(12)18/h5-6H,1-4H3. The highest BCUT2D eigenvalue weighted by molar-refractivity contribution is 9.11. The van der Waals surface area contributed by atoms with Crippen LogP contribution < -0.4 is 9.47 Å². The maximum atomic E-state index is 6.07. The molecule has 0 amide bonds. The molecule has 2 aromatic rings. The van der Waals surface area contributed by atoms with E-state index in [1.807, 2.05) is 13.8 Å². The minimum Gasteiger partial charge on any atom is -0.460 e. The largest absolute Gasteiger partial charge is 0.460 e. The third kappa shape index (κ3) is 1.71. The second-order valence-corrected chi connectivity index (χ2v) is 7.50. The Labute approximate surface area is 146 Å². The minimum absolute atomic E-state index is 0.876. The highest BCUT2D eigenvalue weighted by Crippen LogP contribution is 2.53. The number of halogens is 2. The number of allylic oxidation sites excluding steroid dienone is 4. The Morgan fingerprint density at radius 1 is 0.682 bits per heavy atom. The summed E-state index contributed by atoms with van der Waals surface area (Å²) in [4.78, 5) is 0. The molecule has 2 aromatic carbocycles. The van der Waals surface area contributed by atoms with Gasteiger partial charge in [-0.1, -0.05) is 0 Å². The van der Waals surface area contributed by atoms with Crippen molar-refractivity contribution in [2.75, 3.05) is 0 Å². The quantitative estimate of drug-likeness (QED) is 0.473. The van der Waals surface area contributed by atoms with Gasteiger partial charge in [0.2, 0.25) is 0 Å². The molecule has 0 aliphatic carbocycles. The van der Waals surface area contributed by atoms with Gasteiger partial charge in [0.1, 0.15) is 23.0 Å². The predicted molar refractivity (Wildman–Crippen MR) is 97.1 cm³/mol. The lowest BCUT2D eigenvalue weighted by Crippen LogP contribution is -2.09. The van der Waals surface area contributed by atoms with Gasteiger partial charge in [-0.3, -0.25) is 0 Å². The van der Waals surface area contributed by atoms with E-state index in [0.29, 0.717) is 0 Å². The van der Waals surface area contributed by atoms with Gasteiger partial charge in [-0.05, 0) is 94.0 Å². The molecule has 2 aliphatic heterocycles. The number of ether oxygens (including phenoxy) is 2. The number of rotatable bonds is 0. The Balaban J connectivity index is 2.29. The Morgan fingerprint density at radius 3 is 1.41 bits per heavy atom. The Morgan fingerprint density at radius 2 is 1.05 bits per heavy atom. The van der Waals surface area contributed by atoms with E-state index in [0.717, 1.165) is 53.9 Å². The van der Waals surface area contributed by atoms with Crippen LogP contribution in [0.3, 0.4) is 0 Å². The molecule has 0 aromatic heterocycles. The van der Waals surface area contributed by atoms with Crippen LogP contribution in [-0.4, -0.2) is 0 Å². The van der Waals surface area contributed by atoms with E-state index < -0.39 is 0 Å². The van der Waals surface area contributed by atoms with Crippen LogP contribution in [0, 0.1) is 0 Å². The van der Waals surface area contributed by atoms with Crippen LogP contribution in [0.25, 0.3) is 21.9 Å². The molecule has 2 aliphatic rings. The Hall–Kier alpha value is -1.26. The second-order valence-electron chi connectivity index (χ2n) is 5.79. The van der Waals surface area contributed by atoms with Crippen molar-refractivity contribution < 1.29 is 9.47 Å². The van der Waals surface area contributed by atoms with Gasteiger partial charge >= 0.3 is 0 Å². The zero-order valence-corrected chi connectivity index (χ0v) is 15.9. The van der Waals surface area contributed by atoms with Gasteiger partial charge in [-0.2, -0.15) is 0 Å². The van der Waals surface area contributed by atoms with E-state index in [-0.39, 0.29) is 0 Å². The van der Waals surface area contributed by atoms with Gasteiger partial charge in [0.25, 0.3) is 0 Å². The van der Waals surface area contributed by atoms with Crippen LogP contribution in [0.1, 0.15) is 38.8 Å². The van der Waals surface area contributed by atoms with Crippen molar-refractivity contribution in [2.45, 2.75) is 27.7 Å². The zero-order chi connectivity index (χ0) is 15.8. The number of hydrogen-bond acceptors (Lipinski definition) is 2. The summed E-state index contributed by atoms with van der Waals surface area (Å²) in [6.07, 6.45) is 0. The first-order valence-corrected chi connectivity index (χ1v) is 8.69. The normalized spacial score (nSPS) is 16.1. The first kappa shape index (κ1) is 14.3. The summed E-state index contributed by atoms with van der Waals surface area (Å²) in [5.41, 5.74) is 4.71. The lowest BCUT2D eigenvalue weighted by Gasteiger charge is -2.28. The maximum absolute atomic E-state index is 6.07. The molecule has 4 heteroatoms. The molecule has 22 heavy (non-hydrogen) atoms. The summed E-state index contributed by atoms with van der Waals surface area (Å²) < 4.78 is 14.1. The number of benzene rings is 2. The van der Waals surface area contributed by atoms with Gasteiger partial charge in [0.05, 0.1) is 8.95 Å². The summed E-state index contributed by atoms with van der Waals surface area (Å²) >= 11 is 7.35. The average Bonchev–Trinajstić information content (AvgIpc) is 2.47.